The van der Waals surface area contributed by atoms with E-state index in [0.29, 0.717) is 12.0 Å². The Labute approximate surface area is 217 Å². The summed E-state index contributed by atoms with van der Waals surface area (Å²) in [6.07, 6.45) is -3.56. The number of aliphatic hydroxyl groups excluding tert-OH is 3. The molecule has 2 amide bonds. The first-order valence-corrected chi connectivity index (χ1v) is 12.3. The van der Waals surface area contributed by atoms with Crippen LogP contribution in [0.15, 0.2) is 54.6 Å². The summed E-state index contributed by atoms with van der Waals surface area (Å²) >= 11 is 0. The van der Waals surface area contributed by atoms with Gasteiger partial charge in [-0.15, -0.1) is 0 Å². The Morgan fingerprint density at radius 1 is 0.838 bits per heavy atom. The zero-order valence-corrected chi connectivity index (χ0v) is 21.6. The van der Waals surface area contributed by atoms with Crippen molar-refractivity contribution in [2.24, 2.45) is 0 Å². The first-order chi connectivity index (χ1) is 17.5. The Bertz CT molecular complexity index is 981. The molecule has 37 heavy (non-hydrogen) atoms. The second-order valence-corrected chi connectivity index (χ2v) is 9.92. The molecule has 10 nitrogen and oxygen atoms in total. The van der Waals surface area contributed by atoms with Crippen LogP contribution < -0.4 is 16.0 Å². The molecule has 204 valence electrons. The second kappa shape index (κ2) is 14.5. The summed E-state index contributed by atoms with van der Waals surface area (Å²) in [4.78, 5) is 23.7. The van der Waals surface area contributed by atoms with E-state index >= 15 is 0 Å². The van der Waals surface area contributed by atoms with E-state index in [1.165, 1.54) is 0 Å². The fourth-order valence-electron chi connectivity index (χ4n) is 3.86. The molecule has 4 atom stereocenters. The predicted octanol–water partition coefficient (Wildman–Crippen LogP) is 1.80. The number of rotatable bonds is 13. The minimum atomic E-state index is -1.25. The summed E-state index contributed by atoms with van der Waals surface area (Å²) in [6.45, 7) is 5.03. The molecule has 10 heteroatoms. The van der Waals surface area contributed by atoms with Gasteiger partial charge in [-0.25, -0.2) is 9.59 Å². The third-order valence-corrected chi connectivity index (χ3v) is 5.67. The molecule has 2 rings (SSSR count). The lowest BCUT2D eigenvalue weighted by molar-refractivity contribution is 0.0416. The topological polar surface area (TPSA) is 160 Å². The molecule has 0 saturated carbocycles. The standard InChI is InChI=1S/C27H39N3O7/c1-27(2,3)37-26(36)30-22(14-19-11-7-8-12-20(19)17-31)24(33)16-28-15-23(32)21(29-25(34)35)13-18-9-5-4-6-10-18/h4-12,21-24,28-29,31-33H,13-17H2,1-3H3,(H,30,36)(H,34,35)/t21-,22-,23+,24?/m0/s1. The van der Waals surface area contributed by atoms with E-state index in [1.807, 2.05) is 42.5 Å². The number of carbonyl (C=O) groups is 2. The van der Waals surface area contributed by atoms with Crippen molar-refractivity contribution in [3.05, 3.63) is 71.3 Å². The lowest BCUT2D eigenvalue weighted by atomic mass is 9.97. The van der Waals surface area contributed by atoms with E-state index in [9.17, 15) is 30.0 Å². The molecule has 2 aromatic carbocycles. The van der Waals surface area contributed by atoms with Crippen molar-refractivity contribution in [2.45, 2.75) is 70.1 Å². The summed E-state index contributed by atoms with van der Waals surface area (Å²) in [7, 11) is 0. The van der Waals surface area contributed by atoms with Crippen molar-refractivity contribution in [3.63, 3.8) is 0 Å². The zero-order chi connectivity index (χ0) is 27.4. The number of carboxylic acid groups (broad SMARTS) is 1. The van der Waals surface area contributed by atoms with Crippen LogP contribution in [0.1, 0.15) is 37.5 Å². The average molecular weight is 518 g/mol. The second-order valence-electron chi connectivity index (χ2n) is 9.92. The van der Waals surface area contributed by atoms with Crippen LogP contribution in [0.2, 0.25) is 0 Å². The highest BCUT2D eigenvalue weighted by Crippen LogP contribution is 2.14. The maximum absolute atomic E-state index is 12.4. The molecule has 0 saturated heterocycles. The maximum atomic E-state index is 12.4. The number of benzene rings is 2. The normalized spacial score (nSPS) is 14.8. The van der Waals surface area contributed by atoms with Gasteiger partial charge in [-0.05, 0) is 50.3 Å². The SMILES string of the molecule is CC(C)(C)OC(=O)N[C@@H](Cc1ccccc1CO)C(O)CNC[C@@H](O)[C@H](Cc1ccccc1)NC(=O)O. The number of alkyl carbamates (subject to hydrolysis) is 1. The van der Waals surface area contributed by atoms with Gasteiger partial charge >= 0.3 is 12.2 Å². The zero-order valence-electron chi connectivity index (χ0n) is 21.6. The molecule has 0 aliphatic rings. The highest BCUT2D eigenvalue weighted by Gasteiger charge is 2.27. The molecule has 0 bridgehead atoms. The van der Waals surface area contributed by atoms with Gasteiger partial charge in [-0.1, -0.05) is 54.6 Å². The fraction of sp³-hybridized carbons (Fsp3) is 0.481. The molecule has 0 fully saturated rings. The molecular weight excluding hydrogens is 478 g/mol. The van der Waals surface area contributed by atoms with Gasteiger partial charge < -0.3 is 41.1 Å². The van der Waals surface area contributed by atoms with Crippen LogP contribution in [-0.2, 0) is 24.2 Å². The van der Waals surface area contributed by atoms with Crippen molar-refractivity contribution in [3.8, 4) is 0 Å². The maximum Gasteiger partial charge on any atom is 0.407 e. The van der Waals surface area contributed by atoms with E-state index < -0.39 is 42.1 Å². The third-order valence-electron chi connectivity index (χ3n) is 5.67. The molecule has 0 spiro atoms. The molecular formula is C27H39N3O7. The lowest BCUT2D eigenvalue weighted by Crippen LogP contribution is -2.52. The molecule has 0 aliphatic heterocycles. The number of carbonyl (C=O) groups excluding carboxylic acids is 1. The van der Waals surface area contributed by atoms with Gasteiger partial charge in [0.1, 0.15) is 5.60 Å². The minimum absolute atomic E-state index is 0.00122. The quantitative estimate of drug-likeness (QED) is 0.212. The van der Waals surface area contributed by atoms with Crippen LogP contribution >= 0.6 is 0 Å². The Hall–Kier alpha value is -3.18. The van der Waals surface area contributed by atoms with Gasteiger partial charge in [0.15, 0.2) is 0 Å². The molecule has 0 radical (unpaired) electrons. The van der Waals surface area contributed by atoms with E-state index in [2.05, 4.69) is 16.0 Å². The third kappa shape index (κ3) is 11.2. The first-order valence-electron chi connectivity index (χ1n) is 12.3. The van der Waals surface area contributed by atoms with Gasteiger partial charge in [0.25, 0.3) is 0 Å². The summed E-state index contributed by atoms with van der Waals surface area (Å²) in [6, 6.07) is 14.9. The fourth-order valence-corrected chi connectivity index (χ4v) is 3.86. The summed E-state index contributed by atoms with van der Waals surface area (Å²) in [5.74, 6) is 0. The van der Waals surface area contributed by atoms with Crippen molar-refractivity contribution < 1.29 is 34.8 Å². The number of hydrogen-bond donors (Lipinski definition) is 7. The Morgan fingerprint density at radius 2 is 1.38 bits per heavy atom. The Kier molecular flexibility index (Phi) is 11.8. The van der Waals surface area contributed by atoms with Crippen molar-refractivity contribution >= 4 is 12.2 Å². The largest absolute Gasteiger partial charge is 0.465 e. The molecule has 0 aliphatic carbocycles. The number of aliphatic hydroxyl groups is 3. The van der Waals surface area contributed by atoms with Crippen molar-refractivity contribution in [1.29, 1.82) is 0 Å². The summed E-state index contributed by atoms with van der Waals surface area (Å²) < 4.78 is 5.35. The molecule has 2 aromatic rings. The van der Waals surface area contributed by atoms with Crippen LogP contribution in [-0.4, -0.2) is 75.6 Å². The predicted molar refractivity (Wildman–Crippen MR) is 139 cm³/mol. The minimum Gasteiger partial charge on any atom is -0.465 e. The van der Waals surface area contributed by atoms with E-state index in [4.69, 9.17) is 4.74 Å². The smallest absolute Gasteiger partial charge is 0.407 e. The van der Waals surface area contributed by atoms with E-state index in [1.54, 1.807) is 32.9 Å². The highest BCUT2D eigenvalue weighted by atomic mass is 16.6. The molecule has 7 N–H and O–H groups in total. The van der Waals surface area contributed by atoms with Crippen LogP contribution in [0.5, 0.6) is 0 Å². The molecule has 0 heterocycles. The van der Waals surface area contributed by atoms with Gasteiger partial charge in [0, 0.05) is 13.1 Å². The van der Waals surface area contributed by atoms with E-state index in [-0.39, 0.29) is 26.1 Å². The number of ether oxygens (including phenoxy) is 1. The van der Waals surface area contributed by atoms with Gasteiger partial charge in [0.05, 0.1) is 30.9 Å². The molecule has 1 unspecified atom stereocenters. The lowest BCUT2D eigenvalue weighted by Gasteiger charge is -2.28. The van der Waals surface area contributed by atoms with Crippen LogP contribution in [0, 0.1) is 0 Å². The summed E-state index contributed by atoms with van der Waals surface area (Å²) in [5, 5.41) is 48.5. The first kappa shape index (κ1) is 30.0. The Morgan fingerprint density at radius 3 is 1.92 bits per heavy atom. The highest BCUT2D eigenvalue weighted by molar-refractivity contribution is 5.68. The van der Waals surface area contributed by atoms with Crippen LogP contribution in [0.25, 0.3) is 0 Å². The Balaban J connectivity index is 2.04. The van der Waals surface area contributed by atoms with Gasteiger partial charge in [-0.3, -0.25) is 0 Å². The van der Waals surface area contributed by atoms with Crippen LogP contribution in [0.4, 0.5) is 9.59 Å². The van der Waals surface area contributed by atoms with Gasteiger partial charge in [0.2, 0.25) is 0 Å². The van der Waals surface area contributed by atoms with Crippen LogP contribution in [0.3, 0.4) is 0 Å². The number of nitrogens with one attached hydrogen (secondary N) is 3. The number of amides is 2. The van der Waals surface area contributed by atoms with Gasteiger partial charge in [-0.2, -0.15) is 0 Å². The average Bonchev–Trinajstić information content (AvgIpc) is 2.82. The van der Waals surface area contributed by atoms with Crippen molar-refractivity contribution in [1.82, 2.24) is 16.0 Å². The van der Waals surface area contributed by atoms with Crippen molar-refractivity contribution in [2.75, 3.05) is 13.1 Å². The molecule has 0 aromatic heterocycles. The van der Waals surface area contributed by atoms with E-state index in [0.717, 1.165) is 11.1 Å². The monoisotopic (exact) mass is 517 g/mol. The number of hydrogen-bond acceptors (Lipinski definition) is 7. The summed E-state index contributed by atoms with van der Waals surface area (Å²) in [5.41, 5.74) is 1.58.